The number of likely N-dealkylation sites (tertiary alicyclic amines) is 1. The molecule has 1 aliphatic heterocycles. The van der Waals surface area contributed by atoms with Gasteiger partial charge in [-0.2, -0.15) is 5.10 Å². The van der Waals surface area contributed by atoms with E-state index >= 15 is 0 Å². The highest BCUT2D eigenvalue weighted by atomic mass is 16.2. The number of carbonyl (C=O) groups excluding carboxylic acids is 1. The summed E-state index contributed by atoms with van der Waals surface area (Å²) >= 11 is 0. The van der Waals surface area contributed by atoms with Gasteiger partial charge in [-0.3, -0.25) is 14.9 Å². The Morgan fingerprint density at radius 1 is 1.28 bits per heavy atom. The number of hydrogen-bond acceptors (Lipinski definition) is 4. The van der Waals surface area contributed by atoms with Crippen LogP contribution in [-0.4, -0.2) is 42.1 Å². The number of hydrogen-bond donors (Lipinski definition) is 1. The van der Waals surface area contributed by atoms with Crippen LogP contribution in [0.1, 0.15) is 42.0 Å². The highest BCUT2D eigenvalue weighted by Gasteiger charge is 2.34. The number of aromatic amines is 1. The molecule has 7 heteroatoms. The molecule has 1 fully saturated rings. The first-order valence-electron chi connectivity index (χ1n) is 8.54. The number of H-pyrrole nitrogens is 1. The van der Waals surface area contributed by atoms with Gasteiger partial charge in [0.25, 0.3) is 5.91 Å². The van der Waals surface area contributed by atoms with Gasteiger partial charge in [0.1, 0.15) is 5.69 Å². The molecule has 128 valence electrons. The first kappa shape index (κ1) is 15.6. The molecule has 1 aliphatic rings. The van der Waals surface area contributed by atoms with Crippen molar-refractivity contribution in [3.05, 3.63) is 54.6 Å². The molecule has 25 heavy (non-hydrogen) atoms. The molecule has 0 bridgehead atoms. The van der Waals surface area contributed by atoms with E-state index in [1.807, 2.05) is 34.7 Å². The van der Waals surface area contributed by atoms with Crippen molar-refractivity contribution < 1.29 is 4.79 Å². The van der Waals surface area contributed by atoms with Crippen LogP contribution in [0.15, 0.2) is 43.2 Å². The number of nitrogens with zero attached hydrogens (tertiary/aromatic N) is 5. The van der Waals surface area contributed by atoms with Crippen LogP contribution in [0.3, 0.4) is 0 Å². The third-order valence-corrected chi connectivity index (χ3v) is 4.78. The summed E-state index contributed by atoms with van der Waals surface area (Å²) in [5.41, 5.74) is 3.70. The number of nitrogens with one attached hydrogen (secondary N) is 1. The molecule has 0 saturated carbocycles. The van der Waals surface area contributed by atoms with Crippen LogP contribution in [0.2, 0.25) is 0 Å². The monoisotopic (exact) mass is 336 g/mol. The smallest absolute Gasteiger partial charge is 0.272 e. The van der Waals surface area contributed by atoms with E-state index in [-0.39, 0.29) is 11.9 Å². The van der Waals surface area contributed by atoms with E-state index in [1.54, 1.807) is 24.9 Å². The third kappa shape index (κ3) is 2.71. The van der Waals surface area contributed by atoms with Gasteiger partial charge in [0, 0.05) is 31.0 Å². The first-order chi connectivity index (χ1) is 12.3. The Hall–Kier alpha value is -2.96. The predicted molar refractivity (Wildman–Crippen MR) is 92.7 cm³/mol. The summed E-state index contributed by atoms with van der Waals surface area (Å²) in [5, 5.41) is 7.35. The van der Waals surface area contributed by atoms with Crippen molar-refractivity contribution in [1.29, 1.82) is 0 Å². The number of aromatic nitrogens is 5. The molecular formula is C18H20N6O. The van der Waals surface area contributed by atoms with Crippen LogP contribution in [0.25, 0.3) is 11.1 Å². The Bertz CT molecular complexity index is 869. The molecule has 1 N–H and O–H groups in total. The summed E-state index contributed by atoms with van der Waals surface area (Å²) in [7, 11) is 0. The van der Waals surface area contributed by atoms with Crippen LogP contribution in [0.4, 0.5) is 0 Å². The molecule has 7 nitrogen and oxygen atoms in total. The van der Waals surface area contributed by atoms with Gasteiger partial charge in [-0.05, 0) is 37.5 Å². The predicted octanol–water partition coefficient (Wildman–Crippen LogP) is 2.67. The summed E-state index contributed by atoms with van der Waals surface area (Å²) in [5.74, 6) is 0.0251. The largest absolute Gasteiger partial charge is 0.329 e. The van der Waals surface area contributed by atoms with Gasteiger partial charge < -0.3 is 9.47 Å². The van der Waals surface area contributed by atoms with Crippen molar-refractivity contribution >= 4 is 5.91 Å². The summed E-state index contributed by atoms with van der Waals surface area (Å²) in [4.78, 5) is 23.2. The van der Waals surface area contributed by atoms with Gasteiger partial charge in [0.2, 0.25) is 0 Å². The normalized spacial score (nSPS) is 17.2. The lowest BCUT2D eigenvalue weighted by Crippen LogP contribution is -2.32. The Morgan fingerprint density at radius 2 is 2.12 bits per heavy atom. The minimum absolute atomic E-state index is 0.00151. The number of carbonyl (C=O) groups is 1. The van der Waals surface area contributed by atoms with Crippen molar-refractivity contribution in [2.24, 2.45) is 0 Å². The Kier molecular flexibility index (Phi) is 4.05. The summed E-state index contributed by atoms with van der Waals surface area (Å²) in [6, 6.07) is 3.92. The molecule has 1 atom stereocenters. The quantitative estimate of drug-likeness (QED) is 0.794. The van der Waals surface area contributed by atoms with E-state index in [0.717, 1.165) is 42.8 Å². The highest BCUT2D eigenvalue weighted by molar-refractivity contribution is 5.93. The topological polar surface area (TPSA) is 79.7 Å². The number of pyridine rings is 1. The fraction of sp³-hybridized carbons (Fsp3) is 0.333. The molecule has 0 aliphatic carbocycles. The average Bonchev–Trinajstić information content (AvgIpc) is 3.40. The van der Waals surface area contributed by atoms with E-state index in [0.29, 0.717) is 5.69 Å². The van der Waals surface area contributed by atoms with E-state index in [9.17, 15) is 4.79 Å². The van der Waals surface area contributed by atoms with Gasteiger partial charge >= 0.3 is 0 Å². The minimum Gasteiger partial charge on any atom is -0.329 e. The van der Waals surface area contributed by atoms with E-state index in [4.69, 9.17) is 0 Å². The summed E-state index contributed by atoms with van der Waals surface area (Å²) in [6.45, 7) is 3.48. The van der Waals surface area contributed by atoms with Gasteiger partial charge in [0.15, 0.2) is 0 Å². The fourth-order valence-corrected chi connectivity index (χ4v) is 3.52. The number of aryl methyl sites for hydroxylation is 1. The Labute approximate surface area is 145 Å². The molecule has 1 saturated heterocycles. The van der Waals surface area contributed by atoms with Gasteiger partial charge in [0.05, 0.1) is 30.5 Å². The maximum atomic E-state index is 13.1. The van der Waals surface area contributed by atoms with Gasteiger partial charge in [-0.25, -0.2) is 4.98 Å². The molecule has 1 amide bonds. The zero-order valence-electron chi connectivity index (χ0n) is 14.1. The zero-order chi connectivity index (χ0) is 17.2. The maximum absolute atomic E-state index is 13.1. The number of rotatable bonds is 4. The second-order valence-electron chi connectivity index (χ2n) is 6.15. The molecule has 0 unspecified atom stereocenters. The lowest BCUT2D eigenvalue weighted by Gasteiger charge is -2.25. The number of amides is 1. The lowest BCUT2D eigenvalue weighted by atomic mass is 10.0. The van der Waals surface area contributed by atoms with Gasteiger partial charge in [-0.15, -0.1) is 0 Å². The van der Waals surface area contributed by atoms with Crippen LogP contribution < -0.4 is 0 Å². The fourth-order valence-electron chi connectivity index (χ4n) is 3.52. The molecule has 3 aromatic heterocycles. The molecular weight excluding hydrogens is 316 g/mol. The van der Waals surface area contributed by atoms with Crippen molar-refractivity contribution in [3.8, 4) is 11.1 Å². The van der Waals surface area contributed by atoms with Crippen molar-refractivity contribution in [2.45, 2.75) is 32.4 Å². The van der Waals surface area contributed by atoms with Crippen molar-refractivity contribution in [3.63, 3.8) is 0 Å². The molecule has 4 rings (SSSR count). The van der Waals surface area contributed by atoms with Crippen LogP contribution in [0, 0.1) is 0 Å². The van der Waals surface area contributed by atoms with Crippen LogP contribution in [0.5, 0.6) is 0 Å². The summed E-state index contributed by atoms with van der Waals surface area (Å²) < 4.78 is 1.88. The van der Waals surface area contributed by atoms with Crippen LogP contribution >= 0.6 is 0 Å². The van der Waals surface area contributed by atoms with Crippen molar-refractivity contribution in [1.82, 2.24) is 29.6 Å². The SMILES string of the molecule is CCn1cncc1C(=O)N1CCC[C@@H]1c1[nH]ncc1-c1ccncc1. The Morgan fingerprint density at radius 3 is 2.92 bits per heavy atom. The zero-order valence-corrected chi connectivity index (χ0v) is 14.1. The average molecular weight is 336 g/mol. The Balaban J connectivity index is 1.67. The molecule has 0 radical (unpaired) electrons. The second kappa shape index (κ2) is 6.51. The van der Waals surface area contributed by atoms with E-state index < -0.39 is 0 Å². The van der Waals surface area contributed by atoms with Gasteiger partial charge in [-0.1, -0.05) is 0 Å². The second-order valence-corrected chi connectivity index (χ2v) is 6.15. The van der Waals surface area contributed by atoms with Crippen molar-refractivity contribution in [2.75, 3.05) is 6.54 Å². The molecule has 0 aromatic carbocycles. The minimum atomic E-state index is -0.00151. The molecule has 3 aromatic rings. The maximum Gasteiger partial charge on any atom is 0.272 e. The summed E-state index contributed by atoms with van der Waals surface area (Å²) in [6.07, 6.45) is 10.6. The highest BCUT2D eigenvalue weighted by Crippen LogP contribution is 2.37. The lowest BCUT2D eigenvalue weighted by molar-refractivity contribution is 0.0722. The standard InChI is InChI=1S/C18H20N6O/c1-2-23-12-20-11-16(23)18(25)24-9-3-4-15(24)17-14(10-21-22-17)13-5-7-19-8-6-13/h5-8,10-12,15H,2-4,9H2,1H3,(H,21,22)/t15-/m1/s1. The molecule has 0 spiro atoms. The molecule has 4 heterocycles. The third-order valence-electron chi connectivity index (χ3n) is 4.78. The van der Waals surface area contributed by atoms with E-state index in [2.05, 4.69) is 20.2 Å². The van der Waals surface area contributed by atoms with E-state index in [1.165, 1.54) is 0 Å². The first-order valence-corrected chi connectivity index (χ1v) is 8.54. The number of imidazole rings is 1. The van der Waals surface area contributed by atoms with Crippen LogP contribution in [-0.2, 0) is 6.54 Å².